The lowest BCUT2D eigenvalue weighted by Gasteiger charge is -2.31. The SMILES string of the molecule is CC(C)(C)CC(C)(C)c1cccs1. The zero-order chi connectivity index (χ0) is 10.1. The van der Waals surface area contributed by atoms with Gasteiger partial charge in [-0.05, 0) is 28.7 Å². The minimum atomic E-state index is 0.326. The van der Waals surface area contributed by atoms with E-state index in [4.69, 9.17) is 0 Å². The topological polar surface area (TPSA) is 0 Å². The highest BCUT2D eigenvalue weighted by molar-refractivity contribution is 7.10. The van der Waals surface area contributed by atoms with Gasteiger partial charge in [0.1, 0.15) is 0 Å². The van der Waals surface area contributed by atoms with Crippen molar-refractivity contribution in [1.29, 1.82) is 0 Å². The van der Waals surface area contributed by atoms with E-state index in [9.17, 15) is 0 Å². The molecule has 0 spiro atoms. The van der Waals surface area contributed by atoms with Gasteiger partial charge < -0.3 is 0 Å². The number of thiophene rings is 1. The molecule has 0 saturated heterocycles. The second-order valence-corrected chi connectivity index (χ2v) is 6.55. The summed E-state index contributed by atoms with van der Waals surface area (Å²) in [7, 11) is 0. The molecule has 0 aromatic carbocycles. The normalized spacial score (nSPS) is 13.3. The van der Waals surface area contributed by atoms with Crippen LogP contribution < -0.4 is 0 Å². The van der Waals surface area contributed by atoms with Crippen LogP contribution in [0.15, 0.2) is 17.5 Å². The van der Waals surface area contributed by atoms with Crippen LogP contribution >= 0.6 is 11.3 Å². The Labute approximate surface area is 86.0 Å². The van der Waals surface area contributed by atoms with Crippen LogP contribution in [0.5, 0.6) is 0 Å². The maximum absolute atomic E-state index is 2.34. The smallest absolute Gasteiger partial charge is 0.0102 e. The minimum absolute atomic E-state index is 0.326. The molecule has 1 aromatic rings. The summed E-state index contributed by atoms with van der Waals surface area (Å²) in [5.41, 5.74) is 0.736. The van der Waals surface area contributed by atoms with Crippen molar-refractivity contribution in [2.24, 2.45) is 5.41 Å². The molecule has 0 aliphatic carbocycles. The van der Waals surface area contributed by atoms with E-state index in [0.29, 0.717) is 10.8 Å². The fourth-order valence-electron chi connectivity index (χ4n) is 2.08. The zero-order valence-corrected chi connectivity index (χ0v) is 10.2. The van der Waals surface area contributed by atoms with Gasteiger partial charge >= 0.3 is 0 Å². The van der Waals surface area contributed by atoms with Crippen LogP contribution in [0.3, 0.4) is 0 Å². The number of hydrogen-bond donors (Lipinski definition) is 0. The average molecular weight is 196 g/mol. The van der Waals surface area contributed by atoms with Gasteiger partial charge in [0.05, 0.1) is 0 Å². The van der Waals surface area contributed by atoms with Crippen molar-refractivity contribution in [3.63, 3.8) is 0 Å². The molecule has 13 heavy (non-hydrogen) atoms. The Hall–Kier alpha value is -0.300. The highest BCUT2D eigenvalue weighted by atomic mass is 32.1. The number of rotatable bonds is 2. The molecule has 0 amide bonds. The Morgan fingerprint density at radius 2 is 1.77 bits per heavy atom. The van der Waals surface area contributed by atoms with Crippen molar-refractivity contribution in [3.8, 4) is 0 Å². The monoisotopic (exact) mass is 196 g/mol. The second kappa shape index (κ2) is 3.45. The van der Waals surface area contributed by atoms with Gasteiger partial charge in [0.25, 0.3) is 0 Å². The summed E-state index contributed by atoms with van der Waals surface area (Å²) in [4.78, 5) is 1.50. The first kappa shape index (κ1) is 10.8. The standard InChI is InChI=1S/C12H20S/c1-11(2,3)9-12(4,5)10-7-6-8-13-10/h6-8H,9H2,1-5H3. The fourth-order valence-corrected chi connectivity index (χ4v) is 2.93. The molecular weight excluding hydrogens is 176 g/mol. The molecule has 0 N–H and O–H groups in total. The zero-order valence-electron chi connectivity index (χ0n) is 9.35. The summed E-state index contributed by atoms with van der Waals surface area (Å²) in [6, 6.07) is 4.39. The van der Waals surface area contributed by atoms with Crippen molar-refractivity contribution in [3.05, 3.63) is 22.4 Å². The highest BCUT2D eigenvalue weighted by Crippen LogP contribution is 2.37. The molecule has 0 fully saturated rings. The Morgan fingerprint density at radius 3 is 2.15 bits per heavy atom. The van der Waals surface area contributed by atoms with Crippen LogP contribution in [0.25, 0.3) is 0 Å². The minimum Gasteiger partial charge on any atom is -0.148 e. The summed E-state index contributed by atoms with van der Waals surface area (Å²) in [5.74, 6) is 0. The van der Waals surface area contributed by atoms with Crippen LogP contribution in [-0.2, 0) is 5.41 Å². The second-order valence-electron chi connectivity index (χ2n) is 5.60. The van der Waals surface area contributed by atoms with E-state index >= 15 is 0 Å². The third-order valence-electron chi connectivity index (χ3n) is 2.16. The fraction of sp³-hybridized carbons (Fsp3) is 0.667. The van der Waals surface area contributed by atoms with Crippen molar-refractivity contribution >= 4 is 11.3 Å². The highest BCUT2D eigenvalue weighted by Gasteiger charge is 2.27. The molecular formula is C12H20S. The predicted molar refractivity (Wildman–Crippen MR) is 61.4 cm³/mol. The lowest BCUT2D eigenvalue weighted by atomic mass is 9.75. The summed E-state index contributed by atoms with van der Waals surface area (Å²) in [6.45, 7) is 11.6. The molecule has 0 aliphatic heterocycles. The molecule has 0 aliphatic rings. The molecule has 1 heteroatoms. The third-order valence-corrected chi connectivity index (χ3v) is 3.40. The summed E-state index contributed by atoms with van der Waals surface area (Å²) >= 11 is 1.87. The Balaban J connectivity index is 2.78. The van der Waals surface area contributed by atoms with E-state index in [-0.39, 0.29) is 0 Å². The van der Waals surface area contributed by atoms with E-state index in [1.807, 2.05) is 11.3 Å². The van der Waals surface area contributed by atoms with E-state index in [1.54, 1.807) is 0 Å². The van der Waals surface area contributed by atoms with Crippen LogP contribution in [0, 0.1) is 5.41 Å². The van der Waals surface area contributed by atoms with Crippen molar-refractivity contribution < 1.29 is 0 Å². The summed E-state index contributed by atoms with van der Waals surface area (Å²) in [5, 5.41) is 2.17. The first-order valence-electron chi connectivity index (χ1n) is 4.85. The van der Waals surface area contributed by atoms with Crippen molar-refractivity contribution in [2.45, 2.75) is 46.5 Å². The average Bonchev–Trinajstić information content (AvgIpc) is 2.29. The first-order chi connectivity index (χ1) is 5.81. The molecule has 1 heterocycles. The third kappa shape index (κ3) is 3.15. The van der Waals surface area contributed by atoms with Crippen molar-refractivity contribution in [2.75, 3.05) is 0 Å². The Bertz CT molecular complexity index is 249. The number of hydrogen-bond acceptors (Lipinski definition) is 1. The maximum Gasteiger partial charge on any atom is 0.0102 e. The van der Waals surface area contributed by atoms with Crippen molar-refractivity contribution in [1.82, 2.24) is 0 Å². The molecule has 0 radical (unpaired) electrons. The maximum atomic E-state index is 2.34. The van der Waals surface area contributed by atoms with Gasteiger partial charge in [0, 0.05) is 4.88 Å². The molecule has 0 nitrogen and oxygen atoms in total. The summed E-state index contributed by atoms with van der Waals surface area (Å²) in [6.07, 6.45) is 1.24. The van der Waals surface area contributed by atoms with Gasteiger partial charge in [-0.25, -0.2) is 0 Å². The molecule has 0 saturated carbocycles. The molecule has 0 bridgehead atoms. The van der Waals surface area contributed by atoms with E-state index in [2.05, 4.69) is 52.1 Å². The first-order valence-corrected chi connectivity index (χ1v) is 5.73. The lowest BCUT2D eigenvalue weighted by Crippen LogP contribution is -2.23. The summed E-state index contributed by atoms with van der Waals surface area (Å²) < 4.78 is 0. The van der Waals surface area contributed by atoms with Crippen LogP contribution in [0.1, 0.15) is 45.9 Å². The van der Waals surface area contributed by atoms with Gasteiger partial charge in [-0.1, -0.05) is 40.7 Å². The van der Waals surface area contributed by atoms with Gasteiger partial charge in [0.15, 0.2) is 0 Å². The molecule has 0 atom stereocenters. The van der Waals surface area contributed by atoms with E-state index in [0.717, 1.165) is 0 Å². The van der Waals surface area contributed by atoms with Gasteiger partial charge in [-0.2, -0.15) is 0 Å². The van der Waals surface area contributed by atoms with E-state index < -0.39 is 0 Å². The Kier molecular flexibility index (Phi) is 2.86. The lowest BCUT2D eigenvalue weighted by molar-refractivity contribution is 0.287. The molecule has 74 valence electrons. The quantitative estimate of drug-likeness (QED) is 0.655. The van der Waals surface area contributed by atoms with E-state index in [1.165, 1.54) is 11.3 Å². The predicted octanol–water partition coefficient (Wildman–Crippen LogP) is 4.46. The Morgan fingerprint density at radius 1 is 1.15 bits per heavy atom. The van der Waals surface area contributed by atoms with Crippen LogP contribution in [-0.4, -0.2) is 0 Å². The van der Waals surface area contributed by atoms with Gasteiger partial charge in [0.2, 0.25) is 0 Å². The molecule has 0 unspecified atom stereocenters. The molecule has 1 rings (SSSR count). The van der Waals surface area contributed by atoms with Crippen LogP contribution in [0.4, 0.5) is 0 Å². The van der Waals surface area contributed by atoms with Gasteiger partial charge in [-0.15, -0.1) is 11.3 Å². The largest absolute Gasteiger partial charge is 0.148 e. The van der Waals surface area contributed by atoms with Crippen LogP contribution in [0.2, 0.25) is 0 Å². The van der Waals surface area contributed by atoms with Gasteiger partial charge in [-0.3, -0.25) is 0 Å². The molecule has 1 aromatic heterocycles.